The lowest BCUT2D eigenvalue weighted by Crippen LogP contribution is -2.54. The third-order valence-corrected chi connectivity index (χ3v) is 3.84. The molecule has 0 N–H and O–H groups in total. The van der Waals surface area contributed by atoms with Gasteiger partial charge in [0.25, 0.3) is 0 Å². The van der Waals surface area contributed by atoms with Crippen molar-refractivity contribution in [2.75, 3.05) is 40.3 Å². The van der Waals surface area contributed by atoms with E-state index in [2.05, 4.69) is 4.99 Å². The Morgan fingerprint density at radius 2 is 1.95 bits per heavy atom. The average molecular weight is 323 g/mol. The molecule has 0 bridgehead atoms. The zero-order chi connectivity index (χ0) is 16.1. The molecule has 1 aromatic rings. The zero-order valence-electron chi connectivity index (χ0n) is 13.4. The summed E-state index contributed by atoms with van der Waals surface area (Å²) in [6.07, 6.45) is 0. The van der Waals surface area contributed by atoms with Gasteiger partial charge in [-0.15, -0.1) is 0 Å². The van der Waals surface area contributed by atoms with Crippen molar-refractivity contribution in [2.45, 2.75) is 13.5 Å². The molecule has 1 saturated heterocycles. The normalized spacial score (nSPS) is 16.2. The summed E-state index contributed by atoms with van der Waals surface area (Å²) in [5.41, 5.74) is 1.10. The number of benzene rings is 1. The van der Waals surface area contributed by atoms with E-state index in [4.69, 9.17) is 11.6 Å². The molecular weight excluding hydrogens is 300 g/mol. The Balaban J connectivity index is 1.99. The molecule has 0 unspecified atom stereocenters. The number of carbonyl (C=O) groups is 1. The van der Waals surface area contributed by atoms with Gasteiger partial charge in [0, 0.05) is 45.3 Å². The lowest BCUT2D eigenvalue weighted by atomic mass is 10.2. The quantitative estimate of drug-likeness (QED) is 0.630. The standard InChI is InChI=1S/C16H23ClN4O/c1-4-18-16(19(2)3)21-10-9-20(15(22)12-21)11-13-5-7-14(17)8-6-13/h5-8H,4,9-12H2,1-3H3. The van der Waals surface area contributed by atoms with Gasteiger partial charge in [-0.2, -0.15) is 0 Å². The number of halogens is 1. The van der Waals surface area contributed by atoms with Crippen molar-refractivity contribution in [1.29, 1.82) is 0 Å². The van der Waals surface area contributed by atoms with Gasteiger partial charge in [0.1, 0.15) is 0 Å². The molecule has 1 aromatic carbocycles. The molecule has 0 aliphatic carbocycles. The maximum absolute atomic E-state index is 12.4. The minimum atomic E-state index is 0.131. The highest BCUT2D eigenvalue weighted by molar-refractivity contribution is 6.30. The molecule has 0 radical (unpaired) electrons. The highest BCUT2D eigenvalue weighted by atomic mass is 35.5. The molecule has 0 spiro atoms. The highest BCUT2D eigenvalue weighted by Crippen LogP contribution is 2.14. The first kappa shape index (κ1) is 16.6. The van der Waals surface area contributed by atoms with Crippen LogP contribution in [0.5, 0.6) is 0 Å². The second kappa shape index (κ2) is 7.49. The first-order chi connectivity index (χ1) is 10.5. The molecule has 5 nitrogen and oxygen atoms in total. The first-order valence-electron chi connectivity index (χ1n) is 7.50. The van der Waals surface area contributed by atoms with Crippen LogP contribution in [-0.2, 0) is 11.3 Å². The van der Waals surface area contributed by atoms with Gasteiger partial charge in [-0.05, 0) is 24.6 Å². The van der Waals surface area contributed by atoms with E-state index in [0.29, 0.717) is 31.2 Å². The summed E-state index contributed by atoms with van der Waals surface area (Å²) in [7, 11) is 3.91. The minimum absolute atomic E-state index is 0.131. The van der Waals surface area contributed by atoms with Crippen molar-refractivity contribution in [3.05, 3.63) is 34.9 Å². The fraction of sp³-hybridized carbons (Fsp3) is 0.500. The predicted molar refractivity (Wildman–Crippen MR) is 90.1 cm³/mol. The molecule has 0 aromatic heterocycles. The van der Waals surface area contributed by atoms with E-state index in [1.165, 1.54) is 0 Å². The second-order valence-electron chi connectivity index (χ2n) is 5.53. The molecule has 1 fully saturated rings. The van der Waals surface area contributed by atoms with Crippen LogP contribution in [0.15, 0.2) is 29.3 Å². The van der Waals surface area contributed by atoms with Gasteiger partial charge in [-0.25, -0.2) is 0 Å². The molecule has 1 amide bonds. The lowest BCUT2D eigenvalue weighted by Gasteiger charge is -2.37. The van der Waals surface area contributed by atoms with Gasteiger partial charge >= 0.3 is 0 Å². The van der Waals surface area contributed by atoms with Gasteiger partial charge in [0.2, 0.25) is 5.91 Å². The zero-order valence-corrected chi connectivity index (χ0v) is 14.2. The van der Waals surface area contributed by atoms with E-state index in [0.717, 1.165) is 18.1 Å². The number of aliphatic imine (C=N–C) groups is 1. The molecule has 2 rings (SSSR count). The number of guanidine groups is 1. The maximum Gasteiger partial charge on any atom is 0.242 e. The average Bonchev–Trinajstić information content (AvgIpc) is 2.49. The van der Waals surface area contributed by atoms with Crippen LogP contribution in [0.25, 0.3) is 0 Å². The number of hydrogen-bond acceptors (Lipinski definition) is 2. The molecule has 0 saturated carbocycles. The summed E-state index contributed by atoms with van der Waals surface area (Å²) in [5.74, 6) is 1.01. The number of rotatable bonds is 3. The first-order valence-corrected chi connectivity index (χ1v) is 7.88. The van der Waals surface area contributed by atoms with Crippen LogP contribution in [-0.4, -0.2) is 66.8 Å². The SMILES string of the molecule is CCN=C(N(C)C)N1CCN(Cc2ccc(Cl)cc2)C(=O)C1. The van der Waals surface area contributed by atoms with Crippen molar-refractivity contribution < 1.29 is 4.79 Å². The van der Waals surface area contributed by atoms with E-state index in [-0.39, 0.29) is 5.91 Å². The highest BCUT2D eigenvalue weighted by Gasteiger charge is 2.26. The summed E-state index contributed by atoms with van der Waals surface area (Å²) in [6, 6.07) is 7.64. The van der Waals surface area contributed by atoms with Crippen LogP contribution in [0.2, 0.25) is 5.02 Å². The smallest absolute Gasteiger partial charge is 0.242 e. The van der Waals surface area contributed by atoms with Crippen molar-refractivity contribution in [1.82, 2.24) is 14.7 Å². The van der Waals surface area contributed by atoms with E-state index < -0.39 is 0 Å². The Kier molecular flexibility index (Phi) is 5.66. The third kappa shape index (κ3) is 4.13. The van der Waals surface area contributed by atoms with Crippen molar-refractivity contribution in [3.8, 4) is 0 Å². The monoisotopic (exact) mass is 322 g/mol. The van der Waals surface area contributed by atoms with Crippen LogP contribution < -0.4 is 0 Å². The second-order valence-corrected chi connectivity index (χ2v) is 5.97. The Bertz CT molecular complexity index is 542. The van der Waals surface area contributed by atoms with Gasteiger partial charge in [-0.1, -0.05) is 23.7 Å². The summed E-state index contributed by atoms with van der Waals surface area (Å²) in [4.78, 5) is 22.8. The Morgan fingerprint density at radius 3 is 2.50 bits per heavy atom. The largest absolute Gasteiger partial charge is 0.349 e. The molecule has 22 heavy (non-hydrogen) atoms. The van der Waals surface area contributed by atoms with Crippen LogP contribution in [0, 0.1) is 0 Å². The summed E-state index contributed by atoms with van der Waals surface area (Å²) >= 11 is 5.89. The van der Waals surface area contributed by atoms with E-state index in [9.17, 15) is 4.79 Å². The van der Waals surface area contributed by atoms with Gasteiger partial charge in [0.05, 0.1) is 6.54 Å². The Morgan fingerprint density at radius 1 is 1.27 bits per heavy atom. The van der Waals surface area contributed by atoms with Gasteiger partial charge in [-0.3, -0.25) is 9.79 Å². The molecule has 1 aliphatic heterocycles. The molecule has 1 aliphatic rings. The minimum Gasteiger partial charge on any atom is -0.349 e. The predicted octanol–water partition coefficient (Wildman–Crippen LogP) is 1.92. The van der Waals surface area contributed by atoms with Gasteiger partial charge in [0.15, 0.2) is 5.96 Å². The van der Waals surface area contributed by atoms with E-state index in [1.54, 1.807) is 0 Å². The van der Waals surface area contributed by atoms with Crippen molar-refractivity contribution in [2.24, 2.45) is 4.99 Å². The van der Waals surface area contributed by atoms with Crippen LogP contribution in [0.3, 0.4) is 0 Å². The molecule has 120 valence electrons. The molecule has 6 heteroatoms. The number of carbonyl (C=O) groups excluding carboxylic acids is 1. The Hall–Kier alpha value is -1.75. The van der Waals surface area contributed by atoms with Crippen molar-refractivity contribution in [3.63, 3.8) is 0 Å². The maximum atomic E-state index is 12.4. The van der Waals surface area contributed by atoms with Crippen molar-refractivity contribution >= 4 is 23.5 Å². The lowest BCUT2D eigenvalue weighted by molar-refractivity contribution is -0.135. The Labute approximate surface area is 137 Å². The van der Waals surface area contributed by atoms with E-state index >= 15 is 0 Å². The summed E-state index contributed by atoms with van der Waals surface area (Å²) in [6.45, 7) is 5.24. The number of amides is 1. The van der Waals surface area contributed by atoms with Gasteiger partial charge < -0.3 is 14.7 Å². The number of piperazine rings is 1. The van der Waals surface area contributed by atoms with Crippen LogP contribution in [0.4, 0.5) is 0 Å². The van der Waals surface area contributed by atoms with Crippen LogP contribution >= 0.6 is 11.6 Å². The fourth-order valence-electron chi connectivity index (χ4n) is 2.52. The molecular formula is C16H23ClN4O. The number of nitrogens with zero attached hydrogens (tertiary/aromatic N) is 4. The molecule has 0 atom stereocenters. The van der Waals surface area contributed by atoms with Crippen LogP contribution in [0.1, 0.15) is 12.5 Å². The molecule has 1 heterocycles. The van der Waals surface area contributed by atoms with E-state index in [1.807, 2.05) is 60.0 Å². The fourth-order valence-corrected chi connectivity index (χ4v) is 2.65. The summed E-state index contributed by atoms with van der Waals surface area (Å²) in [5, 5.41) is 0.714. The third-order valence-electron chi connectivity index (χ3n) is 3.59. The summed E-state index contributed by atoms with van der Waals surface area (Å²) < 4.78 is 0. The topological polar surface area (TPSA) is 39.1 Å². The number of hydrogen-bond donors (Lipinski definition) is 0.